The Bertz CT molecular complexity index is 400. The summed E-state index contributed by atoms with van der Waals surface area (Å²) in [7, 11) is 0. The van der Waals surface area contributed by atoms with E-state index < -0.39 is 17.4 Å². The second-order valence-electron chi connectivity index (χ2n) is 4.04. The number of rotatable bonds is 5. The fourth-order valence-corrected chi connectivity index (χ4v) is 1.41. The molecule has 0 bridgehead atoms. The normalized spacial score (nSPS) is 11.1. The predicted molar refractivity (Wildman–Crippen MR) is 65.7 cm³/mol. The van der Waals surface area contributed by atoms with Crippen LogP contribution in [0.3, 0.4) is 0 Å². The third-order valence-corrected chi connectivity index (χ3v) is 2.74. The Morgan fingerprint density at radius 2 is 2.06 bits per heavy atom. The zero-order valence-corrected chi connectivity index (χ0v) is 10.1. The summed E-state index contributed by atoms with van der Waals surface area (Å²) >= 11 is 0. The number of hydrogen-bond donors (Lipinski definition) is 4. The largest absolute Gasteiger partial charge is 0.394 e. The van der Waals surface area contributed by atoms with Crippen molar-refractivity contribution in [3.8, 4) is 0 Å². The number of hydrogen-bond acceptors (Lipinski definition) is 3. The summed E-state index contributed by atoms with van der Waals surface area (Å²) in [6.45, 7) is 0.974. The highest BCUT2D eigenvalue weighted by Gasteiger charge is 2.28. The number of anilines is 1. The van der Waals surface area contributed by atoms with E-state index in [-0.39, 0.29) is 13.2 Å². The molecule has 0 aliphatic heterocycles. The fraction of sp³-hybridized carbons (Fsp3) is 0.417. The van der Waals surface area contributed by atoms with Gasteiger partial charge in [0.2, 0.25) is 0 Å². The van der Waals surface area contributed by atoms with E-state index in [4.69, 9.17) is 0 Å². The Labute approximate surface area is 105 Å². The quantitative estimate of drug-likeness (QED) is 0.636. The second-order valence-corrected chi connectivity index (χ2v) is 4.04. The van der Waals surface area contributed by atoms with Gasteiger partial charge in [0.15, 0.2) is 0 Å². The minimum atomic E-state index is -1.07. The molecule has 0 fully saturated rings. The first-order chi connectivity index (χ1) is 8.55. The van der Waals surface area contributed by atoms with E-state index in [0.717, 1.165) is 0 Å². The van der Waals surface area contributed by atoms with Gasteiger partial charge in [0.05, 0.1) is 18.8 Å². The van der Waals surface area contributed by atoms with Crippen LogP contribution < -0.4 is 10.6 Å². The van der Waals surface area contributed by atoms with Gasteiger partial charge < -0.3 is 20.8 Å². The first kappa shape index (κ1) is 14.4. The zero-order chi connectivity index (χ0) is 13.6. The minimum Gasteiger partial charge on any atom is -0.394 e. The standard InChI is InChI=1S/C12H17FN2O3/c1-2-12(7-16,8-17)15-11(18)14-10-5-3-4-9(13)6-10/h3-6,16-17H,2,7-8H2,1H3,(H2,14,15,18). The molecule has 0 radical (unpaired) electrons. The van der Waals surface area contributed by atoms with Crippen LogP contribution in [0.5, 0.6) is 0 Å². The molecule has 100 valence electrons. The van der Waals surface area contributed by atoms with Gasteiger partial charge in [-0.05, 0) is 24.6 Å². The van der Waals surface area contributed by atoms with E-state index in [9.17, 15) is 19.4 Å². The molecule has 0 saturated carbocycles. The molecule has 0 aromatic heterocycles. The number of carbonyl (C=O) groups excluding carboxylic acids is 1. The van der Waals surface area contributed by atoms with Gasteiger partial charge >= 0.3 is 6.03 Å². The summed E-state index contributed by atoms with van der Waals surface area (Å²) in [6.07, 6.45) is 0.372. The van der Waals surface area contributed by atoms with Crippen molar-refractivity contribution in [2.45, 2.75) is 18.9 Å². The number of amides is 2. The van der Waals surface area contributed by atoms with Gasteiger partial charge in [0.25, 0.3) is 0 Å². The third kappa shape index (κ3) is 3.68. The summed E-state index contributed by atoms with van der Waals surface area (Å²) in [4.78, 5) is 11.6. The van der Waals surface area contributed by atoms with Crippen LogP contribution in [0.15, 0.2) is 24.3 Å². The number of halogens is 1. The van der Waals surface area contributed by atoms with Gasteiger partial charge in [-0.15, -0.1) is 0 Å². The van der Waals surface area contributed by atoms with Crippen LogP contribution in [-0.4, -0.2) is 35.0 Å². The highest BCUT2D eigenvalue weighted by atomic mass is 19.1. The molecule has 1 rings (SSSR count). The van der Waals surface area contributed by atoms with Crippen molar-refractivity contribution in [2.75, 3.05) is 18.5 Å². The molecule has 2 amide bonds. The summed E-state index contributed by atoms with van der Waals surface area (Å²) in [5.74, 6) is -0.459. The molecule has 0 saturated heterocycles. The van der Waals surface area contributed by atoms with Crippen molar-refractivity contribution in [3.05, 3.63) is 30.1 Å². The molecule has 0 atom stereocenters. The molecule has 1 aromatic carbocycles. The van der Waals surface area contributed by atoms with E-state index in [0.29, 0.717) is 12.1 Å². The number of aliphatic hydroxyl groups excluding tert-OH is 2. The van der Waals surface area contributed by atoms with Crippen molar-refractivity contribution in [2.24, 2.45) is 0 Å². The van der Waals surface area contributed by atoms with E-state index in [1.165, 1.54) is 24.3 Å². The highest BCUT2D eigenvalue weighted by molar-refractivity contribution is 5.89. The molecular formula is C12H17FN2O3. The topological polar surface area (TPSA) is 81.6 Å². The van der Waals surface area contributed by atoms with Crippen molar-refractivity contribution in [3.63, 3.8) is 0 Å². The molecule has 4 N–H and O–H groups in total. The maximum absolute atomic E-state index is 12.9. The first-order valence-electron chi connectivity index (χ1n) is 5.61. The molecule has 0 aliphatic rings. The lowest BCUT2D eigenvalue weighted by Crippen LogP contribution is -2.55. The maximum Gasteiger partial charge on any atom is 0.319 e. The molecule has 6 heteroatoms. The van der Waals surface area contributed by atoms with Gasteiger partial charge in [0.1, 0.15) is 5.82 Å². The average Bonchev–Trinajstić information content (AvgIpc) is 2.36. The molecule has 0 aliphatic carbocycles. The smallest absolute Gasteiger partial charge is 0.319 e. The average molecular weight is 256 g/mol. The summed E-state index contributed by atoms with van der Waals surface area (Å²) in [6, 6.07) is 4.83. The fourth-order valence-electron chi connectivity index (χ4n) is 1.41. The highest BCUT2D eigenvalue weighted by Crippen LogP contribution is 2.11. The van der Waals surface area contributed by atoms with E-state index in [1.807, 2.05) is 0 Å². The first-order valence-corrected chi connectivity index (χ1v) is 5.61. The van der Waals surface area contributed by atoms with Crippen LogP contribution in [0.4, 0.5) is 14.9 Å². The van der Waals surface area contributed by atoms with Crippen LogP contribution in [0.25, 0.3) is 0 Å². The molecule has 0 heterocycles. The van der Waals surface area contributed by atoms with Crippen LogP contribution >= 0.6 is 0 Å². The lowest BCUT2D eigenvalue weighted by Gasteiger charge is -2.29. The molecule has 5 nitrogen and oxygen atoms in total. The number of nitrogens with one attached hydrogen (secondary N) is 2. The Morgan fingerprint density at radius 3 is 2.56 bits per heavy atom. The molecular weight excluding hydrogens is 239 g/mol. The molecule has 0 spiro atoms. The number of carbonyl (C=O) groups is 1. The van der Waals surface area contributed by atoms with Crippen molar-refractivity contribution >= 4 is 11.7 Å². The van der Waals surface area contributed by atoms with Gasteiger partial charge in [-0.1, -0.05) is 13.0 Å². The van der Waals surface area contributed by atoms with Crippen LogP contribution in [0, 0.1) is 5.82 Å². The van der Waals surface area contributed by atoms with Gasteiger partial charge in [-0.2, -0.15) is 0 Å². The van der Waals surface area contributed by atoms with E-state index in [2.05, 4.69) is 10.6 Å². The second kappa shape index (κ2) is 6.32. The Hall–Kier alpha value is -1.66. The van der Waals surface area contributed by atoms with Crippen molar-refractivity contribution < 1.29 is 19.4 Å². The Balaban J connectivity index is 2.66. The van der Waals surface area contributed by atoms with Crippen LogP contribution in [0.2, 0.25) is 0 Å². The predicted octanol–water partition coefficient (Wildman–Crippen LogP) is 1.08. The monoisotopic (exact) mass is 256 g/mol. The van der Waals surface area contributed by atoms with Crippen LogP contribution in [0.1, 0.15) is 13.3 Å². The summed E-state index contributed by atoms with van der Waals surface area (Å²) in [5.41, 5.74) is -0.773. The van der Waals surface area contributed by atoms with E-state index in [1.54, 1.807) is 6.92 Å². The lowest BCUT2D eigenvalue weighted by molar-refractivity contribution is 0.0955. The molecule has 1 aromatic rings. The molecule has 0 unspecified atom stereocenters. The number of benzene rings is 1. The number of aliphatic hydroxyl groups is 2. The van der Waals surface area contributed by atoms with Gasteiger partial charge in [-0.25, -0.2) is 9.18 Å². The van der Waals surface area contributed by atoms with Crippen molar-refractivity contribution in [1.82, 2.24) is 5.32 Å². The van der Waals surface area contributed by atoms with Crippen molar-refractivity contribution in [1.29, 1.82) is 0 Å². The van der Waals surface area contributed by atoms with Gasteiger partial charge in [0, 0.05) is 5.69 Å². The Kier molecular flexibility index (Phi) is 5.06. The minimum absolute atomic E-state index is 0.299. The van der Waals surface area contributed by atoms with Crippen LogP contribution in [-0.2, 0) is 0 Å². The summed E-state index contributed by atoms with van der Waals surface area (Å²) < 4.78 is 12.9. The number of urea groups is 1. The summed E-state index contributed by atoms with van der Waals surface area (Å²) in [5, 5.41) is 23.2. The zero-order valence-electron chi connectivity index (χ0n) is 10.1. The molecule has 18 heavy (non-hydrogen) atoms. The Morgan fingerprint density at radius 1 is 1.39 bits per heavy atom. The lowest BCUT2D eigenvalue weighted by atomic mass is 9.99. The maximum atomic E-state index is 12.9. The SMILES string of the molecule is CCC(CO)(CO)NC(=O)Nc1cccc(F)c1. The van der Waals surface area contributed by atoms with Gasteiger partial charge in [-0.3, -0.25) is 0 Å². The third-order valence-electron chi connectivity index (χ3n) is 2.74. The van der Waals surface area contributed by atoms with E-state index >= 15 is 0 Å².